The molecule has 0 aliphatic heterocycles. The Balaban J connectivity index is 2.11. The van der Waals surface area contributed by atoms with E-state index in [4.69, 9.17) is 10.3 Å². The van der Waals surface area contributed by atoms with Crippen molar-refractivity contribution in [2.45, 2.75) is 11.3 Å². The summed E-state index contributed by atoms with van der Waals surface area (Å²) in [5, 5.41) is 7.73. The first-order valence-electron chi connectivity index (χ1n) is 6.22. The average Bonchev–Trinajstić information content (AvgIpc) is 3.06. The van der Waals surface area contributed by atoms with E-state index in [1.54, 1.807) is 14.1 Å². The van der Waals surface area contributed by atoms with E-state index in [9.17, 15) is 4.79 Å². The predicted octanol–water partition coefficient (Wildman–Crippen LogP) is 1.79. The molecule has 0 atom stereocenters. The zero-order valence-electron chi connectivity index (χ0n) is 12.0. The zero-order chi connectivity index (χ0) is 15.4. The molecule has 3 N–H and O–H groups in total. The molecule has 0 bridgehead atoms. The van der Waals surface area contributed by atoms with Gasteiger partial charge >= 0.3 is 0 Å². The van der Waals surface area contributed by atoms with Gasteiger partial charge in [-0.1, -0.05) is 5.16 Å². The predicted molar refractivity (Wildman–Crippen MR) is 85.0 cm³/mol. The Morgan fingerprint density at radius 2 is 2.33 bits per heavy atom. The molecule has 0 unspecified atom stereocenters. The molecule has 2 heterocycles. The minimum Gasteiger partial charge on any atom is -0.396 e. The molecule has 0 spiro atoms. The van der Waals surface area contributed by atoms with Gasteiger partial charge in [0.2, 0.25) is 5.89 Å². The lowest BCUT2D eigenvalue weighted by Gasteiger charge is -2.08. The van der Waals surface area contributed by atoms with Crippen molar-refractivity contribution in [3.8, 4) is 0 Å². The van der Waals surface area contributed by atoms with Crippen LogP contribution in [0.15, 0.2) is 15.7 Å². The van der Waals surface area contributed by atoms with Crippen LogP contribution in [0.4, 0.5) is 10.7 Å². The molecule has 2 aromatic rings. The van der Waals surface area contributed by atoms with Gasteiger partial charge in [0.05, 0.1) is 10.6 Å². The third-order valence-electron chi connectivity index (χ3n) is 2.74. The molecule has 0 fully saturated rings. The minimum absolute atomic E-state index is 0.0854. The van der Waals surface area contributed by atoms with Gasteiger partial charge in [0.15, 0.2) is 6.33 Å². The van der Waals surface area contributed by atoms with Crippen molar-refractivity contribution >= 4 is 39.7 Å². The number of aromatic nitrogens is 2. The first-order valence-corrected chi connectivity index (χ1v) is 8.26. The lowest BCUT2D eigenvalue weighted by atomic mass is 10.3. The maximum atomic E-state index is 12.1. The number of nitrogen functional groups attached to an aromatic ring is 1. The summed E-state index contributed by atoms with van der Waals surface area (Å²) in [6.45, 7) is 0.630. The Morgan fingerprint density at radius 1 is 1.57 bits per heavy atom. The van der Waals surface area contributed by atoms with Crippen LogP contribution in [0.25, 0.3) is 0 Å². The van der Waals surface area contributed by atoms with Crippen molar-refractivity contribution in [2.24, 2.45) is 0 Å². The van der Waals surface area contributed by atoms with Crippen molar-refractivity contribution in [1.82, 2.24) is 15.0 Å². The Labute approximate surface area is 130 Å². The number of hydrogen-bond donors (Lipinski definition) is 2. The van der Waals surface area contributed by atoms with E-state index in [2.05, 4.69) is 15.5 Å². The van der Waals surface area contributed by atoms with Gasteiger partial charge in [-0.15, -0.1) is 23.1 Å². The van der Waals surface area contributed by atoms with Crippen LogP contribution in [0, 0.1) is 0 Å². The maximum Gasteiger partial charge on any atom is 0.265 e. The van der Waals surface area contributed by atoms with E-state index in [1.165, 1.54) is 34.3 Å². The topological polar surface area (TPSA) is 97.3 Å². The number of thiophene rings is 1. The number of rotatable bonds is 6. The van der Waals surface area contributed by atoms with E-state index in [-0.39, 0.29) is 5.91 Å². The molecule has 0 saturated heterocycles. The first kappa shape index (κ1) is 15.6. The van der Waals surface area contributed by atoms with Gasteiger partial charge in [-0.05, 0) is 6.26 Å². The molecule has 7 nitrogen and oxygen atoms in total. The molecule has 0 aromatic carbocycles. The number of nitrogens with one attached hydrogen (secondary N) is 1. The van der Waals surface area contributed by atoms with E-state index < -0.39 is 0 Å². The smallest absolute Gasteiger partial charge is 0.265 e. The molecule has 21 heavy (non-hydrogen) atoms. The summed E-state index contributed by atoms with van der Waals surface area (Å²) in [6, 6.07) is 0. The van der Waals surface area contributed by atoms with Gasteiger partial charge in [-0.2, -0.15) is 4.98 Å². The standard InChI is InChI=1S/C12H17N5O2S2/c1-17(2)12(18)10-8(13)9(20-3)11(21-10)14-5-4-7-15-6-16-19-7/h6,14H,4-5,13H2,1-3H3. The highest BCUT2D eigenvalue weighted by atomic mass is 32.2. The molecule has 0 radical (unpaired) electrons. The number of amides is 1. The normalized spacial score (nSPS) is 10.6. The molecule has 1 amide bonds. The lowest BCUT2D eigenvalue weighted by molar-refractivity contribution is 0.0833. The molecule has 0 saturated carbocycles. The zero-order valence-corrected chi connectivity index (χ0v) is 13.7. The monoisotopic (exact) mass is 327 g/mol. The second-order valence-electron chi connectivity index (χ2n) is 4.42. The van der Waals surface area contributed by atoms with Gasteiger partial charge in [0, 0.05) is 27.1 Å². The van der Waals surface area contributed by atoms with E-state index >= 15 is 0 Å². The molecular weight excluding hydrogens is 310 g/mol. The summed E-state index contributed by atoms with van der Waals surface area (Å²) >= 11 is 2.89. The molecule has 0 aliphatic rings. The Morgan fingerprint density at radius 3 is 2.90 bits per heavy atom. The lowest BCUT2D eigenvalue weighted by Crippen LogP contribution is -2.21. The summed E-state index contributed by atoms with van der Waals surface area (Å²) in [5.74, 6) is 0.486. The summed E-state index contributed by atoms with van der Waals surface area (Å²) in [4.78, 5) is 19.0. The third kappa shape index (κ3) is 3.48. The quantitative estimate of drug-likeness (QED) is 0.781. The first-order chi connectivity index (χ1) is 10.0. The highest BCUT2D eigenvalue weighted by Crippen LogP contribution is 2.41. The van der Waals surface area contributed by atoms with E-state index in [1.807, 2.05) is 6.26 Å². The number of nitrogens with zero attached hydrogens (tertiary/aromatic N) is 3. The molecule has 2 aromatic heterocycles. The van der Waals surface area contributed by atoms with Crippen LogP contribution in [-0.2, 0) is 6.42 Å². The van der Waals surface area contributed by atoms with Crippen molar-refractivity contribution in [2.75, 3.05) is 37.9 Å². The minimum atomic E-state index is -0.0854. The van der Waals surface area contributed by atoms with Crippen molar-refractivity contribution < 1.29 is 9.32 Å². The van der Waals surface area contributed by atoms with E-state index in [0.29, 0.717) is 29.4 Å². The van der Waals surface area contributed by atoms with Gasteiger partial charge in [0.1, 0.15) is 9.88 Å². The molecule has 9 heteroatoms. The summed E-state index contributed by atoms with van der Waals surface area (Å²) < 4.78 is 4.94. The highest BCUT2D eigenvalue weighted by Gasteiger charge is 2.21. The fourth-order valence-corrected chi connectivity index (χ4v) is 3.78. The van der Waals surface area contributed by atoms with Crippen LogP contribution in [0.2, 0.25) is 0 Å². The number of anilines is 2. The number of hydrogen-bond acceptors (Lipinski definition) is 8. The molecule has 114 valence electrons. The number of thioether (sulfide) groups is 1. The Kier molecular flexibility index (Phi) is 5.07. The van der Waals surface area contributed by atoms with Gasteiger partial charge in [0.25, 0.3) is 5.91 Å². The van der Waals surface area contributed by atoms with Crippen LogP contribution >= 0.6 is 23.1 Å². The van der Waals surface area contributed by atoms with Gasteiger partial charge < -0.3 is 20.5 Å². The molecule has 2 rings (SSSR count). The largest absolute Gasteiger partial charge is 0.396 e. The average molecular weight is 327 g/mol. The SMILES string of the molecule is CSc1c(NCCc2ncno2)sc(C(=O)N(C)C)c1N. The number of carbonyl (C=O) groups excluding carboxylic acids is 1. The van der Waals surface area contributed by atoms with Crippen molar-refractivity contribution in [1.29, 1.82) is 0 Å². The van der Waals surface area contributed by atoms with Crippen LogP contribution in [-0.4, -0.2) is 47.8 Å². The summed E-state index contributed by atoms with van der Waals surface area (Å²) in [7, 11) is 3.42. The van der Waals surface area contributed by atoms with E-state index in [0.717, 1.165) is 9.90 Å². The van der Waals surface area contributed by atoms with Crippen LogP contribution in [0.3, 0.4) is 0 Å². The van der Waals surface area contributed by atoms with Crippen molar-refractivity contribution in [3.05, 3.63) is 17.1 Å². The summed E-state index contributed by atoms with van der Waals surface area (Å²) in [5.41, 5.74) is 6.61. The Hall–Kier alpha value is -1.74. The Bertz CT molecular complexity index is 609. The van der Waals surface area contributed by atoms with Gasteiger partial charge in [-0.25, -0.2) is 0 Å². The highest BCUT2D eigenvalue weighted by molar-refractivity contribution is 7.99. The third-order valence-corrected chi connectivity index (χ3v) is 4.85. The van der Waals surface area contributed by atoms with Crippen LogP contribution < -0.4 is 11.1 Å². The number of carbonyl (C=O) groups is 1. The van der Waals surface area contributed by atoms with Gasteiger partial charge in [-0.3, -0.25) is 4.79 Å². The maximum absolute atomic E-state index is 12.1. The molecular formula is C12H17N5O2S2. The summed E-state index contributed by atoms with van der Waals surface area (Å²) in [6.07, 6.45) is 3.92. The molecule has 0 aliphatic carbocycles. The second-order valence-corrected chi connectivity index (χ2v) is 6.26. The fourth-order valence-electron chi connectivity index (χ4n) is 1.70. The van der Waals surface area contributed by atoms with Crippen LogP contribution in [0.5, 0.6) is 0 Å². The van der Waals surface area contributed by atoms with Crippen molar-refractivity contribution in [3.63, 3.8) is 0 Å². The van der Waals surface area contributed by atoms with Crippen LogP contribution in [0.1, 0.15) is 15.6 Å². The second kappa shape index (κ2) is 6.81. The fraction of sp³-hybridized carbons (Fsp3) is 0.417. The number of nitrogens with two attached hydrogens (primary N) is 1.